The topological polar surface area (TPSA) is 78.5 Å². The van der Waals surface area contributed by atoms with E-state index in [1.807, 2.05) is 54.6 Å². The number of benzene rings is 3. The Morgan fingerprint density at radius 1 is 0.921 bits per heavy atom. The number of rotatable bonds is 9. The Morgan fingerprint density at radius 2 is 1.53 bits per heavy atom. The molecular formula is C31H37N3O3S. The van der Waals surface area contributed by atoms with Gasteiger partial charge < -0.3 is 10.6 Å². The fraction of sp³-hybridized carbons (Fsp3) is 0.387. The van der Waals surface area contributed by atoms with Crippen molar-refractivity contribution in [2.24, 2.45) is 5.92 Å². The lowest BCUT2D eigenvalue weighted by Crippen LogP contribution is -2.47. The molecule has 38 heavy (non-hydrogen) atoms. The standard InChI is InChI=1S/C31H37N3O3S/c1-38(36,37)34-23-31(28-14-8-9-15-29(28)34)18-16-26(17-19-31)30(35)33-27(20-24-10-4-2-5-11-24)22-32-21-25-12-6-3-7-13-25/h2-15,26-27,32H,16-23H2,1H3,(H,33,35)/t26?,27-,31?/m0/s1. The normalized spacial score (nSPS) is 21.7. The first-order chi connectivity index (χ1) is 18.3. The minimum absolute atomic E-state index is 0.0163. The molecule has 0 radical (unpaired) electrons. The van der Waals surface area contributed by atoms with Gasteiger partial charge in [0, 0.05) is 37.0 Å². The molecule has 0 unspecified atom stereocenters. The number of nitrogens with zero attached hydrogens (tertiary/aromatic N) is 1. The van der Waals surface area contributed by atoms with E-state index in [1.54, 1.807) is 4.31 Å². The lowest BCUT2D eigenvalue weighted by molar-refractivity contribution is -0.127. The molecule has 1 saturated carbocycles. The Morgan fingerprint density at radius 3 is 2.18 bits per heavy atom. The quantitative estimate of drug-likeness (QED) is 0.429. The zero-order valence-corrected chi connectivity index (χ0v) is 22.8. The molecule has 1 atom stereocenters. The number of nitrogens with one attached hydrogen (secondary N) is 2. The van der Waals surface area contributed by atoms with E-state index in [4.69, 9.17) is 0 Å². The minimum atomic E-state index is -3.35. The summed E-state index contributed by atoms with van der Waals surface area (Å²) in [6, 6.07) is 28.4. The van der Waals surface area contributed by atoms with Gasteiger partial charge in [0.05, 0.1) is 11.9 Å². The third-order valence-electron chi connectivity index (χ3n) is 8.14. The van der Waals surface area contributed by atoms with E-state index in [9.17, 15) is 13.2 Å². The van der Waals surface area contributed by atoms with Gasteiger partial charge in [-0.1, -0.05) is 78.9 Å². The average Bonchev–Trinajstić information content (AvgIpc) is 3.25. The van der Waals surface area contributed by atoms with E-state index in [0.29, 0.717) is 13.1 Å². The van der Waals surface area contributed by atoms with Crippen molar-refractivity contribution in [1.82, 2.24) is 10.6 Å². The summed E-state index contributed by atoms with van der Waals surface area (Å²) < 4.78 is 26.6. The molecule has 3 aromatic carbocycles. The molecule has 2 N–H and O–H groups in total. The molecule has 200 valence electrons. The van der Waals surface area contributed by atoms with Crippen molar-refractivity contribution in [2.45, 2.75) is 50.1 Å². The van der Waals surface area contributed by atoms with Gasteiger partial charge in [-0.25, -0.2) is 8.42 Å². The number of carbonyl (C=O) groups is 1. The molecule has 1 amide bonds. The highest BCUT2D eigenvalue weighted by molar-refractivity contribution is 7.92. The lowest BCUT2D eigenvalue weighted by atomic mass is 9.67. The molecule has 1 aliphatic carbocycles. The first-order valence-corrected chi connectivity index (χ1v) is 15.4. The fourth-order valence-electron chi connectivity index (χ4n) is 6.12. The maximum Gasteiger partial charge on any atom is 0.232 e. The van der Waals surface area contributed by atoms with Crippen molar-refractivity contribution in [1.29, 1.82) is 0 Å². The molecule has 0 bridgehead atoms. The second-order valence-corrected chi connectivity index (χ2v) is 12.8. The first kappa shape index (κ1) is 26.4. The summed E-state index contributed by atoms with van der Waals surface area (Å²) in [5, 5.41) is 6.87. The van der Waals surface area contributed by atoms with Gasteiger partial charge in [0.15, 0.2) is 0 Å². The Bertz CT molecular complexity index is 1340. The van der Waals surface area contributed by atoms with Gasteiger partial charge in [0.1, 0.15) is 0 Å². The van der Waals surface area contributed by atoms with E-state index in [-0.39, 0.29) is 23.3 Å². The van der Waals surface area contributed by atoms with Crippen molar-refractivity contribution >= 4 is 21.6 Å². The van der Waals surface area contributed by atoms with Gasteiger partial charge in [-0.05, 0) is 54.9 Å². The molecule has 1 fully saturated rings. The fourth-order valence-corrected chi connectivity index (χ4v) is 7.12. The molecule has 7 heteroatoms. The summed E-state index contributed by atoms with van der Waals surface area (Å²) in [5.74, 6) is 0.0426. The molecule has 1 aliphatic heterocycles. The maximum absolute atomic E-state index is 13.5. The SMILES string of the molecule is CS(=O)(=O)N1CC2(CCC(C(=O)N[C@H](CNCc3ccccc3)Cc3ccccc3)CC2)c2ccccc21. The van der Waals surface area contributed by atoms with Gasteiger partial charge in [-0.2, -0.15) is 0 Å². The smallest absolute Gasteiger partial charge is 0.232 e. The number of para-hydroxylation sites is 1. The number of amides is 1. The van der Waals surface area contributed by atoms with Crippen LogP contribution in [0.25, 0.3) is 0 Å². The van der Waals surface area contributed by atoms with E-state index in [0.717, 1.165) is 49.9 Å². The van der Waals surface area contributed by atoms with Gasteiger partial charge >= 0.3 is 0 Å². The number of hydrogen-bond donors (Lipinski definition) is 2. The van der Waals surface area contributed by atoms with Crippen LogP contribution in [0.15, 0.2) is 84.9 Å². The van der Waals surface area contributed by atoms with Gasteiger partial charge in [0.25, 0.3) is 0 Å². The number of fused-ring (bicyclic) bond motifs is 2. The predicted octanol–water partition coefficient (Wildman–Crippen LogP) is 4.41. The van der Waals surface area contributed by atoms with Crippen molar-refractivity contribution in [3.63, 3.8) is 0 Å². The average molecular weight is 532 g/mol. The van der Waals surface area contributed by atoms with E-state index in [2.05, 4.69) is 41.0 Å². The van der Waals surface area contributed by atoms with Gasteiger partial charge in [0.2, 0.25) is 15.9 Å². The first-order valence-electron chi connectivity index (χ1n) is 13.5. The molecule has 3 aromatic rings. The number of hydrogen-bond acceptors (Lipinski definition) is 4. The predicted molar refractivity (Wildman–Crippen MR) is 152 cm³/mol. The molecule has 5 rings (SSSR count). The van der Waals surface area contributed by atoms with E-state index >= 15 is 0 Å². The van der Waals surface area contributed by atoms with Crippen LogP contribution in [-0.4, -0.2) is 39.7 Å². The third kappa shape index (κ3) is 5.94. The van der Waals surface area contributed by atoms with Gasteiger partial charge in [-0.15, -0.1) is 0 Å². The Hall–Kier alpha value is -3.16. The highest BCUT2D eigenvalue weighted by Gasteiger charge is 2.47. The van der Waals surface area contributed by atoms with Crippen molar-refractivity contribution in [3.05, 3.63) is 102 Å². The zero-order chi connectivity index (χ0) is 26.6. The number of carbonyl (C=O) groups excluding carboxylic acids is 1. The van der Waals surface area contributed by atoms with Crippen LogP contribution in [0.4, 0.5) is 5.69 Å². The van der Waals surface area contributed by atoms with Crippen LogP contribution in [0.1, 0.15) is 42.4 Å². The highest BCUT2D eigenvalue weighted by atomic mass is 32.2. The molecule has 0 saturated heterocycles. The van der Waals surface area contributed by atoms with Crippen LogP contribution in [0.2, 0.25) is 0 Å². The summed E-state index contributed by atoms with van der Waals surface area (Å²) in [5.41, 5.74) is 4.11. The van der Waals surface area contributed by atoms with Crippen molar-refractivity contribution in [3.8, 4) is 0 Å². The van der Waals surface area contributed by atoms with Crippen molar-refractivity contribution in [2.75, 3.05) is 23.7 Å². The summed E-state index contributed by atoms with van der Waals surface area (Å²) in [6.07, 6.45) is 5.18. The third-order valence-corrected chi connectivity index (χ3v) is 9.26. The van der Waals surface area contributed by atoms with E-state index < -0.39 is 10.0 Å². The van der Waals surface area contributed by atoms with Crippen LogP contribution in [0, 0.1) is 5.92 Å². The van der Waals surface area contributed by atoms with Crippen molar-refractivity contribution < 1.29 is 13.2 Å². The summed E-state index contributed by atoms with van der Waals surface area (Å²) >= 11 is 0. The maximum atomic E-state index is 13.5. The number of sulfonamides is 1. The summed E-state index contributed by atoms with van der Waals surface area (Å²) in [6.45, 7) is 1.91. The van der Waals surface area contributed by atoms with Gasteiger partial charge in [-0.3, -0.25) is 9.10 Å². The summed E-state index contributed by atoms with van der Waals surface area (Å²) in [7, 11) is -3.35. The Labute approximate surface area is 226 Å². The Kier molecular flexibility index (Phi) is 7.86. The highest BCUT2D eigenvalue weighted by Crippen LogP contribution is 2.50. The lowest BCUT2D eigenvalue weighted by Gasteiger charge is -2.37. The molecule has 1 heterocycles. The number of anilines is 1. The molecule has 2 aliphatic rings. The zero-order valence-electron chi connectivity index (χ0n) is 22.0. The van der Waals surface area contributed by atoms with Crippen LogP contribution in [-0.2, 0) is 33.2 Å². The molecule has 0 aromatic heterocycles. The molecule has 6 nitrogen and oxygen atoms in total. The molecular weight excluding hydrogens is 494 g/mol. The second kappa shape index (κ2) is 11.3. The van der Waals surface area contributed by atoms with Crippen LogP contribution < -0.4 is 14.9 Å². The van der Waals surface area contributed by atoms with Crippen LogP contribution in [0.5, 0.6) is 0 Å². The summed E-state index contributed by atoms with van der Waals surface area (Å²) in [4.78, 5) is 13.5. The molecule has 1 spiro atoms. The van der Waals surface area contributed by atoms with Crippen LogP contribution in [0.3, 0.4) is 0 Å². The largest absolute Gasteiger partial charge is 0.352 e. The Balaban J connectivity index is 1.23. The monoisotopic (exact) mass is 531 g/mol. The van der Waals surface area contributed by atoms with Crippen LogP contribution >= 0.6 is 0 Å². The second-order valence-electron chi connectivity index (χ2n) is 10.9. The van der Waals surface area contributed by atoms with E-state index in [1.165, 1.54) is 17.4 Å². The minimum Gasteiger partial charge on any atom is -0.352 e.